The first-order valence-corrected chi connectivity index (χ1v) is 8.62. The van der Waals surface area contributed by atoms with E-state index in [4.69, 9.17) is 0 Å². The van der Waals surface area contributed by atoms with E-state index in [2.05, 4.69) is 20.2 Å². The highest BCUT2D eigenvalue weighted by Crippen LogP contribution is 2.36. The van der Waals surface area contributed by atoms with Crippen LogP contribution in [0, 0.1) is 0 Å². The Morgan fingerprint density at radius 3 is 2.54 bits per heavy atom. The molecule has 2 unspecified atom stereocenters. The lowest BCUT2D eigenvalue weighted by Gasteiger charge is -2.39. The average molecular weight is 328 g/mol. The fraction of sp³-hybridized carbons (Fsp3) is 0.588. The first-order valence-electron chi connectivity index (χ1n) is 8.62. The SMILES string of the molecule is CN(C)C(=O)CN1C2CCC1CC(Nc1nccn3ccnc13)C2. The number of carbonyl (C=O) groups excluding carboxylic acids is 1. The smallest absolute Gasteiger partial charge is 0.236 e. The number of nitrogens with zero attached hydrogens (tertiary/aromatic N) is 5. The van der Waals surface area contributed by atoms with E-state index in [1.54, 1.807) is 17.3 Å². The molecule has 7 nitrogen and oxygen atoms in total. The number of hydrogen-bond acceptors (Lipinski definition) is 5. The van der Waals surface area contributed by atoms with Crippen LogP contribution in [0.3, 0.4) is 0 Å². The number of amides is 1. The zero-order valence-corrected chi connectivity index (χ0v) is 14.2. The lowest BCUT2D eigenvalue weighted by molar-refractivity contribution is -0.131. The minimum Gasteiger partial charge on any atom is -0.364 e. The van der Waals surface area contributed by atoms with Crippen molar-refractivity contribution in [2.75, 3.05) is 26.0 Å². The minimum atomic E-state index is 0.196. The number of aromatic nitrogens is 3. The van der Waals surface area contributed by atoms with E-state index in [0.717, 1.165) is 24.3 Å². The van der Waals surface area contributed by atoms with Crippen molar-refractivity contribution in [1.82, 2.24) is 24.2 Å². The molecule has 4 rings (SSSR count). The van der Waals surface area contributed by atoms with Crippen molar-refractivity contribution >= 4 is 17.4 Å². The monoisotopic (exact) mass is 328 g/mol. The molecule has 128 valence electrons. The maximum atomic E-state index is 12.1. The molecule has 2 fully saturated rings. The normalized spacial score (nSPS) is 26.7. The molecule has 0 saturated carbocycles. The Labute approximate surface area is 141 Å². The van der Waals surface area contributed by atoms with Crippen molar-refractivity contribution in [1.29, 1.82) is 0 Å². The highest BCUT2D eigenvalue weighted by atomic mass is 16.2. The summed E-state index contributed by atoms with van der Waals surface area (Å²) in [5, 5.41) is 3.59. The molecule has 0 aliphatic carbocycles. The third-order valence-electron chi connectivity index (χ3n) is 5.35. The summed E-state index contributed by atoms with van der Waals surface area (Å²) in [5.41, 5.74) is 0.870. The highest BCUT2D eigenvalue weighted by Gasteiger charge is 2.41. The number of nitrogens with one attached hydrogen (secondary N) is 1. The predicted molar refractivity (Wildman–Crippen MR) is 91.8 cm³/mol. The van der Waals surface area contributed by atoms with Gasteiger partial charge in [-0.25, -0.2) is 9.97 Å². The molecule has 1 N–H and O–H groups in total. The number of anilines is 1. The summed E-state index contributed by atoms with van der Waals surface area (Å²) in [6.45, 7) is 0.545. The molecule has 4 heterocycles. The molecule has 0 spiro atoms. The first kappa shape index (κ1) is 15.4. The van der Waals surface area contributed by atoms with Gasteiger partial charge in [0.15, 0.2) is 11.5 Å². The van der Waals surface area contributed by atoms with Gasteiger partial charge in [-0.2, -0.15) is 0 Å². The molecule has 0 aromatic carbocycles. The standard InChI is InChI=1S/C17H24N6O/c1-21(2)15(24)11-23-13-3-4-14(23)10-12(9-13)20-16-17-19-6-8-22(17)7-5-18-16/h5-8,12-14H,3-4,9-11H2,1-2H3,(H,18,20). The number of imidazole rings is 1. The van der Waals surface area contributed by atoms with Crippen molar-refractivity contribution in [3.05, 3.63) is 24.8 Å². The van der Waals surface area contributed by atoms with Crippen LogP contribution in [-0.4, -0.2) is 68.8 Å². The van der Waals surface area contributed by atoms with Crippen molar-refractivity contribution in [3.63, 3.8) is 0 Å². The van der Waals surface area contributed by atoms with E-state index in [0.29, 0.717) is 24.7 Å². The van der Waals surface area contributed by atoms with Crippen LogP contribution >= 0.6 is 0 Å². The zero-order chi connectivity index (χ0) is 16.7. The number of likely N-dealkylation sites (N-methyl/N-ethyl adjacent to an activating group) is 1. The maximum absolute atomic E-state index is 12.1. The quantitative estimate of drug-likeness (QED) is 0.914. The summed E-state index contributed by atoms with van der Waals surface area (Å²) in [6.07, 6.45) is 11.9. The molecular formula is C17H24N6O. The number of hydrogen-bond donors (Lipinski definition) is 1. The van der Waals surface area contributed by atoms with E-state index in [1.165, 1.54) is 12.8 Å². The van der Waals surface area contributed by atoms with Crippen molar-refractivity contribution in [2.24, 2.45) is 0 Å². The molecule has 24 heavy (non-hydrogen) atoms. The van der Waals surface area contributed by atoms with Crippen molar-refractivity contribution in [3.8, 4) is 0 Å². The summed E-state index contributed by atoms with van der Waals surface area (Å²) in [4.78, 5) is 25.0. The number of piperidine rings is 1. The van der Waals surface area contributed by atoms with Crippen molar-refractivity contribution in [2.45, 2.75) is 43.8 Å². The number of fused-ring (bicyclic) bond motifs is 3. The van der Waals surface area contributed by atoms with Crippen LogP contribution in [0.1, 0.15) is 25.7 Å². The second-order valence-corrected chi connectivity index (χ2v) is 7.09. The Kier molecular flexibility index (Phi) is 3.88. The molecule has 1 amide bonds. The summed E-state index contributed by atoms with van der Waals surface area (Å²) in [7, 11) is 3.66. The second kappa shape index (κ2) is 6.05. The zero-order valence-electron chi connectivity index (χ0n) is 14.2. The van der Waals surface area contributed by atoms with E-state index >= 15 is 0 Å². The summed E-state index contributed by atoms with van der Waals surface area (Å²) in [5.74, 6) is 1.05. The maximum Gasteiger partial charge on any atom is 0.236 e. The number of carbonyl (C=O) groups is 1. The van der Waals surface area contributed by atoms with Crippen LogP contribution in [0.4, 0.5) is 5.82 Å². The third-order valence-corrected chi connectivity index (χ3v) is 5.35. The molecule has 0 radical (unpaired) electrons. The van der Waals surface area contributed by atoms with Crippen LogP contribution in [0.5, 0.6) is 0 Å². The summed E-state index contributed by atoms with van der Waals surface area (Å²) >= 11 is 0. The Balaban J connectivity index is 1.45. The van der Waals surface area contributed by atoms with Crippen LogP contribution in [0.2, 0.25) is 0 Å². The summed E-state index contributed by atoms with van der Waals surface area (Å²) < 4.78 is 1.98. The lowest BCUT2D eigenvalue weighted by Crippen LogP contribution is -2.50. The minimum absolute atomic E-state index is 0.196. The molecule has 7 heteroatoms. The van der Waals surface area contributed by atoms with Gasteiger partial charge in [0.2, 0.25) is 5.91 Å². The van der Waals surface area contributed by atoms with Crippen LogP contribution in [0.25, 0.3) is 5.65 Å². The van der Waals surface area contributed by atoms with E-state index < -0.39 is 0 Å². The average Bonchev–Trinajstić information content (AvgIpc) is 3.11. The van der Waals surface area contributed by atoms with Crippen LogP contribution in [0.15, 0.2) is 24.8 Å². The van der Waals surface area contributed by atoms with E-state index in [9.17, 15) is 4.79 Å². The molecule has 2 aromatic heterocycles. The molecule has 2 aliphatic rings. The van der Waals surface area contributed by atoms with Gasteiger partial charge in [0.05, 0.1) is 6.54 Å². The van der Waals surface area contributed by atoms with Gasteiger partial charge in [-0.15, -0.1) is 0 Å². The van der Waals surface area contributed by atoms with Crippen molar-refractivity contribution < 1.29 is 4.79 Å². The molecule has 2 aromatic rings. The third kappa shape index (κ3) is 2.73. The van der Waals surface area contributed by atoms with Crippen LogP contribution < -0.4 is 5.32 Å². The van der Waals surface area contributed by atoms with Crippen LogP contribution in [-0.2, 0) is 4.79 Å². The Hall–Kier alpha value is -2.15. The fourth-order valence-corrected chi connectivity index (χ4v) is 4.10. The Morgan fingerprint density at radius 2 is 1.88 bits per heavy atom. The largest absolute Gasteiger partial charge is 0.364 e. The number of rotatable bonds is 4. The molecule has 2 bridgehead atoms. The molecule has 2 atom stereocenters. The summed E-state index contributed by atoms with van der Waals surface area (Å²) in [6, 6.07) is 1.37. The molecular weight excluding hydrogens is 304 g/mol. The van der Waals surface area contributed by atoms with Gasteiger partial charge < -0.3 is 14.6 Å². The Morgan fingerprint density at radius 1 is 1.21 bits per heavy atom. The predicted octanol–water partition coefficient (Wildman–Crippen LogP) is 1.22. The fourth-order valence-electron chi connectivity index (χ4n) is 4.10. The van der Waals surface area contributed by atoms with Gasteiger partial charge >= 0.3 is 0 Å². The van der Waals surface area contributed by atoms with Gasteiger partial charge in [-0.05, 0) is 25.7 Å². The highest BCUT2D eigenvalue weighted by molar-refractivity contribution is 5.77. The molecule has 2 saturated heterocycles. The van der Waals surface area contributed by atoms with Gasteiger partial charge in [0.1, 0.15) is 0 Å². The lowest BCUT2D eigenvalue weighted by atomic mass is 9.97. The first-order chi connectivity index (χ1) is 11.6. The topological polar surface area (TPSA) is 65.8 Å². The molecule has 2 aliphatic heterocycles. The van der Waals surface area contributed by atoms with Gasteiger partial charge in [0, 0.05) is 57.0 Å². The van der Waals surface area contributed by atoms with E-state index in [1.807, 2.05) is 30.9 Å². The van der Waals surface area contributed by atoms with Gasteiger partial charge in [-0.3, -0.25) is 9.69 Å². The second-order valence-electron chi connectivity index (χ2n) is 7.09. The van der Waals surface area contributed by atoms with E-state index in [-0.39, 0.29) is 5.91 Å². The van der Waals surface area contributed by atoms with Gasteiger partial charge in [0.25, 0.3) is 0 Å². The Bertz CT molecular complexity index is 728. The van der Waals surface area contributed by atoms with Gasteiger partial charge in [-0.1, -0.05) is 0 Å².